The van der Waals surface area contributed by atoms with E-state index in [0.717, 1.165) is 11.7 Å². The van der Waals surface area contributed by atoms with Crippen LogP contribution in [0.15, 0.2) is 24.3 Å². The molecular weight excluding hydrogens is 242 g/mol. The van der Waals surface area contributed by atoms with Gasteiger partial charge in [-0.2, -0.15) is 0 Å². The summed E-state index contributed by atoms with van der Waals surface area (Å²) in [7, 11) is 0. The standard InChI is InChI=1S/C15H15NO3/c1-10-7-12-8-11(9-17)5-6-13(12)16(10)14(18)19-15(2,3)4/h1,5-9H,2-4H3. The number of benzene rings is 1. The Morgan fingerprint density at radius 3 is 2.58 bits per heavy atom. The van der Waals surface area contributed by atoms with Gasteiger partial charge in [0.2, 0.25) is 0 Å². The summed E-state index contributed by atoms with van der Waals surface area (Å²) < 4.78 is 6.60. The van der Waals surface area contributed by atoms with Crippen molar-refractivity contribution in [1.29, 1.82) is 0 Å². The lowest BCUT2D eigenvalue weighted by molar-refractivity contribution is 0.0543. The number of carbonyl (C=O) groups excluding carboxylic acids is 2. The number of nitrogens with zero attached hydrogens (tertiary/aromatic N) is 1. The second kappa shape index (κ2) is 4.53. The fourth-order valence-electron chi connectivity index (χ4n) is 1.84. The molecule has 98 valence electrons. The van der Waals surface area contributed by atoms with Crippen LogP contribution in [-0.2, 0) is 4.74 Å². The molecule has 19 heavy (non-hydrogen) atoms. The molecule has 0 atom stereocenters. The van der Waals surface area contributed by atoms with Crippen LogP contribution in [0, 0.1) is 6.92 Å². The van der Waals surface area contributed by atoms with E-state index >= 15 is 0 Å². The van der Waals surface area contributed by atoms with Gasteiger partial charge < -0.3 is 4.74 Å². The zero-order valence-electron chi connectivity index (χ0n) is 11.1. The molecule has 0 aliphatic carbocycles. The minimum absolute atomic E-state index is 0.285. The molecule has 1 aromatic heterocycles. The van der Waals surface area contributed by atoms with Crippen molar-refractivity contribution in [3.05, 3.63) is 42.4 Å². The van der Waals surface area contributed by atoms with Crippen molar-refractivity contribution in [2.24, 2.45) is 0 Å². The average Bonchev–Trinajstić information content (AvgIpc) is 2.61. The first-order valence-electron chi connectivity index (χ1n) is 5.91. The summed E-state index contributed by atoms with van der Waals surface area (Å²) in [6.45, 7) is 11.2. The number of aromatic nitrogens is 1. The van der Waals surface area contributed by atoms with Crippen LogP contribution in [0.4, 0.5) is 4.79 Å². The fraction of sp³-hybridized carbons (Fsp3) is 0.267. The van der Waals surface area contributed by atoms with Crippen LogP contribution < -0.4 is 0 Å². The molecule has 4 heteroatoms. The molecule has 2 aromatic rings. The molecular formula is C15H15NO3. The lowest BCUT2D eigenvalue weighted by Crippen LogP contribution is -2.27. The molecule has 1 heterocycles. The van der Waals surface area contributed by atoms with Gasteiger partial charge in [-0.15, -0.1) is 0 Å². The van der Waals surface area contributed by atoms with Gasteiger partial charge >= 0.3 is 6.09 Å². The average molecular weight is 257 g/mol. The van der Waals surface area contributed by atoms with E-state index in [1.165, 1.54) is 4.57 Å². The quantitative estimate of drug-likeness (QED) is 0.736. The van der Waals surface area contributed by atoms with Crippen LogP contribution in [0.1, 0.15) is 36.8 Å². The van der Waals surface area contributed by atoms with Crippen molar-refractivity contribution in [3.63, 3.8) is 0 Å². The summed E-state index contributed by atoms with van der Waals surface area (Å²) in [4.78, 5) is 22.8. The maximum atomic E-state index is 12.1. The van der Waals surface area contributed by atoms with Crippen LogP contribution in [-0.4, -0.2) is 22.5 Å². The molecule has 0 amide bonds. The molecule has 0 N–H and O–H groups in total. The summed E-state index contributed by atoms with van der Waals surface area (Å²) in [5.74, 6) is 0. The monoisotopic (exact) mass is 257 g/mol. The Morgan fingerprint density at radius 1 is 1.32 bits per heavy atom. The highest BCUT2D eigenvalue weighted by atomic mass is 16.6. The topological polar surface area (TPSA) is 48.3 Å². The number of aldehydes is 1. The Morgan fingerprint density at radius 2 is 2.00 bits per heavy atom. The van der Waals surface area contributed by atoms with Crippen LogP contribution in [0.25, 0.3) is 10.9 Å². The zero-order chi connectivity index (χ0) is 14.2. The number of rotatable bonds is 1. The van der Waals surface area contributed by atoms with E-state index < -0.39 is 11.7 Å². The maximum Gasteiger partial charge on any atom is 0.419 e. The number of carbonyl (C=O) groups is 2. The second-order valence-electron chi connectivity index (χ2n) is 5.32. The van der Waals surface area contributed by atoms with Crippen LogP contribution in [0.2, 0.25) is 0 Å². The molecule has 0 fully saturated rings. The van der Waals surface area contributed by atoms with Crippen LogP contribution in [0.5, 0.6) is 0 Å². The highest BCUT2D eigenvalue weighted by Gasteiger charge is 2.20. The smallest absolute Gasteiger partial charge is 0.419 e. The maximum absolute atomic E-state index is 12.1. The molecule has 0 bridgehead atoms. The highest BCUT2D eigenvalue weighted by molar-refractivity contribution is 5.94. The van der Waals surface area contributed by atoms with Crippen molar-refractivity contribution >= 4 is 23.3 Å². The van der Waals surface area contributed by atoms with E-state index in [1.807, 2.05) is 0 Å². The van der Waals surface area contributed by atoms with Gasteiger partial charge in [0.25, 0.3) is 0 Å². The molecule has 0 saturated heterocycles. The Kier molecular flexibility index (Phi) is 3.18. The van der Waals surface area contributed by atoms with Crippen molar-refractivity contribution in [3.8, 4) is 0 Å². The van der Waals surface area contributed by atoms with E-state index in [-0.39, 0.29) is 5.69 Å². The van der Waals surface area contributed by atoms with Crippen molar-refractivity contribution in [2.75, 3.05) is 0 Å². The Bertz CT molecular complexity index is 647. The zero-order valence-corrected chi connectivity index (χ0v) is 11.1. The van der Waals surface area contributed by atoms with Crippen molar-refractivity contribution in [1.82, 2.24) is 4.57 Å². The van der Waals surface area contributed by atoms with E-state index in [2.05, 4.69) is 0 Å². The van der Waals surface area contributed by atoms with Gasteiger partial charge in [-0.25, -0.2) is 9.36 Å². The summed E-state index contributed by atoms with van der Waals surface area (Å²) in [6, 6.07) is 6.64. The lowest BCUT2D eigenvalue weighted by atomic mass is 10.2. The number of hydrogen-bond acceptors (Lipinski definition) is 3. The molecule has 1 aromatic carbocycles. The molecule has 4 nitrogen and oxygen atoms in total. The third-order valence-electron chi connectivity index (χ3n) is 2.57. The van der Waals surface area contributed by atoms with E-state index in [4.69, 9.17) is 11.7 Å². The van der Waals surface area contributed by atoms with Crippen molar-refractivity contribution in [2.45, 2.75) is 26.4 Å². The number of ether oxygens (including phenoxy) is 1. The normalized spacial score (nSPS) is 11.6. The van der Waals surface area contributed by atoms with Gasteiger partial charge in [0.05, 0.1) is 5.52 Å². The van der Waals surface area contributed by atoms with E-state index in [0.29, 0.717) is 11.1 Å². The predicted molar refractivity (Wildman–Crippen MR) is 72.4 cm³/mol. The predicted octanol–water partition coefficient (Wildman–Crippen LogP) is 3.30. The molecule has 0 aliphatic heterocycles. The van der Waals surface area contributed by atoms with Gasteiger partial charge in [0.15, 0.2) is 0 Å². The first kappa shape index (κ1) is 13.3. The van der Waals surface area contributed by atoms with Gasteiger partial charge in [-0.1, -0.05) is 0 Å². The second-order valence-corrected chi connectivity index (χ2v) is 5.32. The minimum Gasteiger partial charge on any atom is -0.443 e. The molecule has 0 aliphatic rings. The van der Waals surface area contributed by atoms with E-state index in [9.17, 15) is 9.59 Å². The first-order valence-corrected chi connectivity index (χ1v) is 5.91. The summed E-state index contributed by atoms with van der Waals surface area (Å²) >= 11 is 0. The van der Waals surface area contributed by atoms with Crippen molar-refractivity contribution < 1.29 is 14.3 Å². The number of hydrogen-bond donors (Lipinski definition) is 0. The molecule has 0 spiro atoms. The fourth-order valence-corrected chi connectivity index (χ4v) is 1.84. The SMILES string of the molecule is [CH]c1cc2cc(C=O)ccc2n1C(=O)OC(C)(C)C. The van der Waals surface area contributed by atoms with Gasteiger partial charge in [-0.05, 0) is 45.0 Å². The molecule has 0 saturated carbocycles. The van der Waals surface area contributed by atoms with Crippen LogP contribution in [0.3, 0.4) is 0 Å². The van der Waals surface area contributed by atoms with Gasteiger partial charge in [0, 0.05) is 23.6 Å². The third kappa shape index (κ3) is 2.67. The molecule has 0 unspecified atom stereocenters. The summed E-state index contributed by atoms with van der Waals surface area (Å²) in [5, 5.41) is 0.730. The Balaban J connectivity index is 2.51. The van der Waals surface area contributed by atoms with Gasteiger partial charge in [0.1, 0.15) is 11.9 Å². The molecule has 2 radical (unpaired) electrons. The molecule has 2 rings (SSSR count). The summed E-state index contributed by atoms with van der Waals surface area (Å²) in [6.07, 6.45) is 0.222. The Labute approximate surface area is 112 Å². The minimum atomic E-state index is -0.594. The summed E-state index contributed by atoms with van der Waals surface area (Å²) in [5.41, 5.74) is 0.849. The Hall–Kier alpha value is -2.10. The lowest BCUT2D eigenvalue weighted by Gasteiger charge is -2.20. The number of fused-ring (bicyclic) bond motifs is 1. The highest BCUT2D eigenvalue weighted by Crippen LogP contribution is 2.22. The first-order chi connectivity index (χ1) is 8.81. The van der Waals surface area contributed by atoms with E-state index in [1.54, 1.807) is 45.0 Å². The van der Waals surface area contributed by atoms with Gasteiger partial charge in [-0.3, -0.25) is 4.79 Å². The van der Waals surface area contributed by atoms with Crippen LogP contribution >= 0.6 is 0 Å². The largest absolute Gasteiger partial charge is 0.443 e. The third-order valence-corrected chi connectivity index (χ3v) is 2.57.